The van der Waals surface area contributed by atoms with Gasteiger partial charge in [0.25, 0.3) is 5.91 Å². The highest BCUT2D eigenvalue weighted by Gasteiger charge is 2.33. The number of carbonyl (C=O) groups excluding carboxylic acids is 1. The molecule has 5 heteroatoms. The van der Waals surface area contributed by atoms with E-state index in [1.807, 2.05) is 22.4 Å². The zero-order valence-electron chi connectivity index (χ0n) is 10.9. The summed E-state index contributed by atoms with van der Waals surface area (Å²) in [6, 6.07) is 9.86. The van der Waals surface area contributed by atoms with E-state index in [1.54, 1.807) is 23.5 Å². The largest absolute Gasteiger partial charge is 0.398 e. The fourth-order valence-electron chi connectivity index (χ4n) is 2.15. The third-order valence-electron chi connectivity index (χ3n) is 3.40. The molecule has 0 radical (unpaired) electrons. The van der Waals surface area contributed by atoms with E-state index < -0.39 is 0 Å². The highest BCUT2D eigenvalue weighted by atomic mass is 79.9. The van der Waals surface area contributed by atoms with E-state index >= 15 is 0 Å². The van der Waals surface area contributed by atoms with Gasteiger partial charge < -0.3 is 10.6 Å². The number of hydrogen-bond acceptors (Lipinski definition) is 3. The summed E-state index contributed by atoms with van der Waals surface area (Å²) in [4.78, 5) is 15.9. The van der Waals surface area contributed by atoms with Crippen LogP contribution in [0.15, 0.2) is 40.2 Å². The lowest BCUT2D eigenvalue weighted by atomic mass is 10.1. The summed E-state index contributed by atoms with van der Waals surface area (Å²) >= 11 is 5.07. The molecule has 1 saturated carbocycles. The van der Waals surface area contributed by atoms with Crippen LogP contribution in [0.4, 0.5) is 5.69 Å². The topological polar surface area (TPSA) is 46.3 Å². The van der Waals surface area contributed by atoms with Gasteiger partial charge in [-0.25, -0.2) is 0 Å². The number of benzene rings is 1. The number of rotatable bonds is 4. The maximum atomic E-state index is 12.7. The number of hydrogen-bond donors (Lipinski definition) is 1. The average molecular weight is 351 g/mol. The molecule has 0 aliphatic heterocycles. The van der Waals surface area contributed by atoms with Crippen molar-refractivity contribution in [2.45, 2.75) is 25.4 Å². The summed E-state index contributed by atoms with van der Waals surface area (Å²) in [5.74, 6) is 0.0848. The monoisotopic (exact) mass is 350 g/mol. The lowest BCUT2D eigenvalue weighted by molar-refractivity contribution is 0.0731. The third kappa shape index (κ3) is 2.88. The van der Waals surface area contributed by atoms with Crippen molar-refractivity contribution in [2.24, 2.45) is 0 Å². The van der Waals surface area contributed by atoms with Gasteiger partial charge in [-0.2, -0.15) is 0 Å². The van der Waals surface area contributed by atoms with Crippen molar-refractivity contribution in [3.8, 4) is 0 Å². The summed E-state index contributed by atoms with van der Waals surface area (Å²) in [5, 5.41) is 2.05. The maximum Gasteiger partial charge on any atom is 0.254 e. The van der Waals surface area contributed by atoms with Crippen molar-refractivity contribution < 1.29 is 4.79 Å². The summed E-state index contributed by atoms with van der Waals surface area (Å²) in [6.45, 7) is 0.698. The first-order valence-electron chi connectivity index (χ1n) is 6.53. The van der Waals surface area contributed by atoms with Gasteiger partial charge in [-0.15, -0.1) is 11.3 Å². The summed E-state index contributed by atoms with van der Waals surface area (Å²) in [5.41, 5.74) is 7.12. The van der Waals surface area contributed by atoms with Gasteiger partial charge in [0, 0.05) is 26.6 Å². The van der Waals surface area contributed by atoms with Crippen molar-refractivity contribution in [3.63, 3.8) is 0 Å². The molecule has 1 aromatic carbocycles. The molecule has 1 amide bonds. The minimum atomic E-state index is 0.0848. The molecule has 1 heterocycles. The Morgan fingerprint density at radius 2 is 2.20 bits per heavy atom. The zero-order chi connectivity index (χ0) is 14.1. The van der Waals surface area contributed by atoms with Crippen molar-refractivity contribution in [1.82, 2.24) is 4.90 Å². The highest BCUT2D eigenvalue weighted by molar-refractivity contribution is 9.10. The minimum Gasteiger partial charge on any atom is -0.398 e. The van der Waals surface area contributed by atoms with E-state index in [9.17, 15) is 4.79 Å². The van der Waals surface area contributed by atoms with E-state index in [2.05, 4.69) is 22.0 Å². The van der Waals surface area contributed by atoms with Crippen LogP contribution in [0.3, 0.4) is 0 Å². The van der Waals surface area contributed by atoms with E-state index in [0.29, 0.717) is 23.8 Å². The zero-order valence-corrected chi connectivity index (χ0v) is 13.3. The van der Waals surface area contributed by atoms with E-state index in [-0.39, 0.29) is 5.91 Å². The van der Waals surface area contributed by atoms with Gasteiger partial charge in [0.2, 0.25) is 0 Å². The molecular weight excluding hydrogens is 336 g/mol. The number of carbonyl (C=O) groups is 1. The second kappa shape index (κ2) is 5.58. The van der Waals surface area contributed by atoms with Crippen molar-refractivity contribution in [3.05, 3.63) is 50.6 Å². The fraction of sp³-hybridized carbons (Fsp3) is 0.267. The molecule has 3 rings (SSSR count). The Morgan fingerprint density at radius 3 is 2.80 bits per heavy atom. The van der Waals surface area contributed by atoms with E-state index in [1.165, 1.54) is 4.88 Å². The summed E-state index contributed by atoms with van der Waals surface area (Å²) < 4.78 is 0.773. The average Bonchev–Trinajstić information content (AvgIpc) is 3.15. The normalized spacial score (nSPS) is 14.2. The Balaban J connectivity index is 1.83. The first-order valence-corrected chi connectivity index (χ1v) is 8.21. The first kappa shape index (κ1) is 13.6. The molecular formula is C15H15BrN2OS. The Hall–Kier alpha value is -1.33. The molecule has 0 unspecified atom stereocenters. The van der Waals surface area contributed by atoms with Crippen LogP contribution < -0.4 is 5.73 Å². The van der Waals surface area contributed by atoms with Gasteiger partial charge in [0.1, 0.15) is 0 Å². The molecule has 1 aromatic heterocycles. The number of thiophene rings is 1. The molecule has 0 bridgehead atoms. The van der Waals surface area contributed by atoms with Crippen LogP contribution in [-0.4, -0.2) is 16.8 Å². The molecule has 104 valence electrons. The van der Waals surface area contributed by atoms with Crippen LogP contribution >= 0.6 is 27.3 Å². The molecule has 3 nitrogen and oxygen atoms in total. The SMILES string of the molecule is Nc1ccc(C(=O)N(Cc2cccs2)C2CC2)cc1Br. The van der Waals surface area contributed by atoms with Crippen molar-refractivity contribution in [2.75, 3.05) is 5.73 Å². The molecule has 0 atom stereocenters. The number of nitrogens with zero attached hydrogens (tertiary/aromatic N) is 1. The Kier molecular flexibility index (Phi) is 3.81. The lowest BCUT2D eigenvalue weighted by Gasteiger charge is -2.22. The number of anilines is 1. The number of halogens is 1. The second-order valence-electron chi connectivity index (χ2n) is 4.98. The molecule has 1 fully saturated rings. The first-order chi connectivity index (χ1) is 9.65. The molecule has 1 aliphatic rings. The fourth-order valence-corrected chi connectivity index (χ4v) is 3.23. The third-order valence-corrected chi connectivity index (χ3v) is 4.95. The predicted molar refractivity (Wildman–Crippen MR) is 85.8 cm³/mol. The number of nitrogen functional groups attached to an aromatic ring is 1. The van der Waals surface area contributed by atoms with Crippen LogP contribution in [0.1, 0.15) is 28.1 Å². The Bertz CT molecular complexity index is 623. The van der Waals surface area contributed by atoms with Gasteiger partial charge in [0.15, 0.2) is 0 Å². The molecule has 0 spiro atoms. The minimum absolute atomic E-state index is 0.0848. The molecule has 2 N–H and O–H groups in total. The lowest BCUT2D eigenvalue weighted by Crippen LogP contribution is -2.32. The van der Waals surface area contributed by atoms with E-state index in [4.69, 9.17) is 5.73 Å². The highest BCUT2D eigenvalue weighted by Crippen LogP contribution is 2.31. The van der Waals surface area contributed by atoms with Crippen LogP contribution in [0.5, 0.6) is 0 Å². The van der Waals surface area contributed by atoms with Crippen LogP contribution in [0.25, 0.3) is 0 Å². The van der Waals surface area contributed by atoms with Crippen LogP contribution in [0, 0.1) is 0 Å². The smallest absolute Gasteiger partial charge is 0.254 e. The van der Waals surface area contributed by atoms with E-state index in [0.717, 1.165) is 17.3 Å². The Labute approximate surface area is 130 Å². The second-order valence-corrected chi connectivity index (χ2v) is 6.87. The van der Waals surface area contributed by atoms with Crippen molar-refractivity contribution in [1.29, 1.82) is 0 Å². The van der Waals surface area contributed by atoms with Gasteiger partial charge in [-0.1, -0.05) is 6.07 Å². The van der Waals surface area contributed by atoms with Gasteiger partial charge in [0.05, 0.1) is 6.54 Å². The molecule has 2 aromatic rings. The molecule has 0 saturated heterocycles. The van der Waals surface area contributed by atoms with Crippen LogP contribution in [-0.2, 0) is 6.54 Å². The van der Waals surface area contributed by atoms with Gasteiger partial charge >= 0.3 is 0 Å². The standard InChI is InChI=1S/C15H15BrN2OS/c16-13-8-10(3-6-14(13)17)15(19)18(11-4-5-11)9-12-2-1-7-20-12/h1-3,6-8,11H,4-5,9,17H2. The summed E-state index contributed by atoms with van der Waals surface area (Å²) in [6.07, 6.45) is 2.21. The Morgan fingerprint density at radius 1 is 1.40 bits per heavy atom. The van der Waals surface area contributed by atoms with Crippen LogP contribution in [0.2, 0.25) is 0 Å². The maximum absolute atomic E-state index is 12.7. The summed E-state index contributed by atoms with van der Waals surface area (Å²) in [7, 11) is 0. The van der Waals surface area contributed by atoms with Gasteiger partial charge in [-0.05, 0) is 58.4 Å². The number of amides is 1. The van der Waals surface area contributed by atoms with Gasteiger partial charge in [-0.3, -0.25) is 4.79 Å². The van der Waals surface area contributed by atoms with Crippen molar-refractivity contribution >= 4 is 38.9 Å². The predicted octanol–water partition coefficient (Wildman–Crippen LogP) is 3.90. The molecule has 1 aliphatic carbocycles. The number of nitrogens with two attached hydrogens (primary N) is 1. The molecule has 20 heavy (non-hydrogen) atoms. The quantitative estimate of drug-likeness (QED) is 0.850.